The van der Waals surface area contributed by atoms with Gasteiger partial charge in [-0.2, -0.15) is 9.97 Å². The molecule has 14 heteroatoms. The zero-order chi connectivity index (χ0) is 35.8. The van der Waals surface area contributed by atoms with Crippen molar-refractivity contribution in [3.05, 3.63) is 83.9 Å². The van der Waals surface area contributed by atoms with Crippen LogP contribution in [0.15, 0.2) is 90.5 Å². The smallest absolute Gasteiger partial charge is 0.313 e. The summed E-state index contributed by atoms with van der Waals surface area (Å²) in [7, 11) is 0. The molecule has 1 aliphatic rings. The van der Waals surface area contributed by atoms with Gasteiger partial charge in [-0.3, -0.25) is 0 Å². The van der Waals surface area contributed by atoms with Gasteiger partial charge in [0, 0.05) is 46.5 Å². The summed E-state index contributed by atoms with van der Waals surface area (Å²) in [6.45, 7) is 12.8. The normalized spacial score (nSPS) is 12.4. The van der Waals surface area contributed by atoms with Crippen molar-refractivity contribution in [3.63, 3.8) is 0 Å². The summed E-state index contributed by atoms with van der Waals surface area (Å²) in [5, 5.41) is 35.1. The lowest BCUT2D eigenvalue weighted by atomic mass is 9.85. The van der Waals surface area contributed by atoms with Crippen LogP contribution in [0.4, 0.5) is 0 Å². The van der Waals surface area contributed by atoms with E-state index in [1.54, 1.807) is 0 Å². The Bertz CT molecular complexity index is 2300. The molecular formula is C38H32N10O4+2. The van der Waals surface area contributed by atoms with E-state index < -0.39 is 0 Å². The second-order valence-corrected chi connectivity index (χ2v) is 14.7. The molecule has 0 spiro atoms. The lowest BCUT2D eigenvalue weighted by Crippen LogP contribution is -2.11. The van der Waals surface area contributed by atoms with Crippen LogP contribution in [0, 0.1) is 0 Å². The zero-order valence-corrected chi connectivity index (χ0v) is 29.1. The molecule has 0 saturated carbocycles. The van der Waals surface area contributed by atoms with Gasteiger partial charge in [-0.1, -0.05) is 41.5 Å². The van der Waals surface area contributed by atoms with Crippen LogP contribution in [0.5, 0.6) is 0 Å². The second-order valence-electron chi connectivity index (χ2n) is 14.7. The van der Waals surface area contributed by atoms with Gasteiger partial charge in [-0.15, -0.1) is 40.8 Å². The summed E-state index contributed by atoms with van der Waals surface area (Å²) in [5.74, 6) is 2.43. The predicted molar refractivity (Wildman–Crippen MR) is 185 cm³/mol. The molecule has 0 amide bonds. The van der Waals surface area contributed by atoms with Crippen molar-refractivity contribution in [2.45, 2.75) is 52.4 Å². The fourth-order valence-electron chi connectivity index (χ4n) is 5.85. The first-order valence-corrected chi connectivity index (χ1v) is 16.7. The highest BCUT2D eigenvalue weighted by atomic mass is 16.4. The summed E-state index contributed by atoms with van der Waals surface area (Å²) in [6.07, 6.45) is 0. The lowest BCUT2D eigenvalue weighted by molar-refractivity contribution is -0.354. The van der Waals surface area contributed by atoms with Gasteiger partial charge >= 0.3 is 23.6 Å². The van der Waals surface area contributed by atoms with Gasteiger partial charge in [-0.05, 0) is 70.5 Å². The predicted octanol–water partition coefficient (Wildman–Crippen LogP) is 7.09. The summed E-state index contributed by atoms with van der Waals surface area (Å²) >= 11 is 0. The van der Waals surface area contributed by atoms with Gasteiger partial charge in [-0.25, -0.2) is 0 Å². The van der Waals surface area contributed by atoms with Crippen molar-refractivity contribution in [3.8, 4) is 92.2 Å². The molecule has 0 radical (unpaired) electrons. The lowest BCUT2D eigenvalue weighted by Gasteiger charge is -2.20. The molecular weight excluding hydrogens is 660 g/mol. The van der Waals surface area contributed by atoms with E-state index in [0.29, 0.717) is 68.6 Å². The SMILES string of the molecule is CC(C)(C)c1cc2cc(c1)-c1nnc(o1)-c1cccc([nH+]1)-c1nnc(o1)-c1cc(cc(C(C)(C)C)c1)-c1nnc(o1)-c1cccc([nH+]1)-c1nnc-2o1. The van der Waals surface area contributed by atoms with Crippen LogP contribution in [0.1, 0.15) is 52.7 Å². The van der Waals surface area contributed by atoms with Crippen LogP contribution in [0.2, 0.25) is 0 Å². The van der Waals surface area contributed by atoms with E-state index in [-0.39, 0.29) is 34.4 Å². The molecule has 256 valence electrons. The van der Waals surface area contributed by atoms with Crippen LogP contribution in [-0.2, 0) is 10.8 Å². The van der Waals surface area contributed by atoms with E-state index in [1.165, 1.54) is 0 Å². The quantitative estimate of drug-likeness (QED) is 0.157. The topological polar surface area (TPSA) is 184 Å². The fraction of sp³-hybridized carbons (Fsp3) is 0.211. The Balaban J connectivity index is 1.24. The molecule has 0 aliphatic carbocycles. The van der Waals surface area contributed by atoms with Gasteiger partial charge in [0.1, 0.15) is 0 Å². The largest absolute Gasteiger partial charge is 0.411 e. The molecule has 0 unspecified atom stereocenters. The monoisotopic (exact) mass is 692 g/mol. The number of nitrogens with one attached hydrogen (secondary N) is 2. The first kappa shape index (κ1) is 31.3. The maximum Gasteiger partial charge on any atom is 0.313 e. The molecule has 8 aromatic rings. The van der Waals surface area contributed by atoms with E-state index in [4.69, 9.17) is 17.7 Å². The zero-order valence-electron chi connectivity index (χ0n) is 29.1. The van der Waals surface area contributed by atoms with Crippen molar-refractivity contribution < 1.29 is 27.6 Å². The average Bonchev–Trinajstić information content (AvgIpc) is 3.97. The fourth-order valence-corrected chi connectivity index (χ4v) is 5.85. The highest BCUT2D eigenvalue weighted by Gasteiger charge is 2.27. The molecule has 2 N–H and O–H groups in total. The maximum absolute atomic E-state index is 6.24. The van der Waals surface area contributed by atoms with Crippen molar-refractivity contribution >= 4 is 0 Å². The molecule has 16 bridgehead atoms. The van der Waals surface area contributed by atoms with Crippen LogP contribution in [-0.4, -0.2) is 40.8 Å². The van der Waals surface area contributed by atoms with E-state index in [0.717, 1.165) is 11.1 Å². The number of nitrogens with zero attached hydrogens (tertiary/aromatic N) is 8. The van der Waals surface area contributed by atoms with Crippen molar-refractivity contribution in [2.75, 3.05) is 0 Å². The number of benzene rings is 2. The number of fused-ring (bicyclic) bond motifs is 24. The first-order chi connectivity index (χ1) is 24.9. The Hall–Kier alpha value is -6.70. The van der Waals surface area contributed by atoms with Gasteiger partial charge in [0.2, 0.25) is 23.6 Å². The Kier molecular flexibility index (Phi) is 6.87. The molecule has 7 heterocycles. The highest BCUT2D eigenvalue weighted by molar-refractivity contribution is 5.69. The number of pyridine rings is 2. The average molecular weight is 693 g/mol. The summed E-state index contributed by atoms with van der Waals surface area (Å²) in [4.78, 5) is 6.62. The van der Waals surface area contributed by atoms with E-state index in [2.05, 4.69) is 92.3 Å². The van der Waals surface area contributed by atoms with Gasteiger partial charge in [0.15, 0.2) is 0 Å². The number of hydrogen-bond acceptors (Lipinski definition) is 12. The van der Waals surface area contributed by atoms with Gasteiger partial charge in [0.05, 0.1) is 0 Å². The van der Waals surface area contributed by atoms with Crippen molar-refractivity contribution in [1.29, 1.82) is 0 Å². The number of rotatable bonds is 0. The standard InChI is InChI=1S/C38H30N10O4/c1-37(2,3)23-15-19-13-20(16-23)30-42-46-34(50-30)26-10-8-12-28(40-26)36-48-44-32(52-36)22-14-21(17-24(18-22)38(4,5)6)31-43-47-35(51-31)27-11-7-9-25(39-27)33-45-41-29(19)49-33/h7-18H,1-6H3/p+2. The number of hydrogen-bond donors (Lipinski definition) is 0. The van der Waals surface area contributed by atoms with E-state index in [1.807, 2.05) is 72.8 Å². The van der Waals surface area contributed by atoms with Gasteiger partial charge in [0.25, 0.3) is 22.8 Å². The molecule has 0 atom stereocenters. The summed E-state index contributed by atoms with van der Waals surface area (Å²) in [6, 6.07) is 22.9. The summed E-state index contributed by atoms with van der Waals surface area (Å²) < 4.78 is 25.0. The van der Waals surface area contributed by atoms with Gasteiger partial charge < -0.3 is 17.7 Å². The van der Waals surface area contributed by atoms with E-state index >= 15 is 0 Å². The minimum Gasteiger partial charge on any atom is -0.411 e. The highest BCUT2D eigenvalue weighted by Crippen LogP contribution is 2.36. The van der Waals surface area contributed by atoms with Crippen LogP contribution < -0.4 is 9.97 Å². The molecule has 52 heavy (non-hydrogen) atoms. The Morgan fingerprint density at radius 1 is 0.365 bits per heavy atom. The van der Waals surface area contributed by atoms with E-state index in [9.17, 15) is 0 Å². The van der Waals surface area contributed by atoms with Crippen LogP contribution >= 0.6 is 0 Å². The minimum atomic E-state index is -0.218. The molecule has 0 fully saturated rings. The minimum absolute atomic E-state index is 0.218. The third-order valence-corrected chi connectivity index (χ3v) is 8.80. The molecule has 1 aliphatic heterocycles. The van der Waals surface area contributed by atoms with Crippen LogP contribution in [0.3, 0.4) is 0 Å². The number of H-pyrrole nitrogens is 2. The first-order valence-electron chi connectivity index (χ1n) is 16.7. The van der Waals surface area contributed by atoms with Crippen molar-refractivity contribution in [1.82, 2.24) is 40.8 Å². The second kappa shape index (κ2) is 11.4. The Morgan fingerprint density at radius 3 is 0.865 bits per heavy atom. The third-order valence-electron chi connectivity index (χ3n) is 8.80. The summed E-state index contributed by atoms with van der Waals surface area (Å²) in [5.41, 5.74) is 6.68. The molecule has 0 saturated heterocycles. The number of aromatic nitrogens is 10. The van der Waals surface area contributed by atoms with Crippen LogP contribution in [0.25, 0.3) is 92.2 Å². The third kappa shape index (κ3) is 5.63. The Morgan fingerprint density at radius 2 is 0.615 bits per heavy atom. The maximum atomic E-state index is 6.24. The molecule has 6 aromatic heterocycles. The van der Waals surface area contributed by atoms with Crippen molar-refractivity contribution in [2.24, 2.45) is 0 Å². The molecule has 9 rings (SSSR count). The number of aromatic amines is 2. The molecule has 2 aromatic carbocycles. The molecule has 14 nitrogen and oxygen atoms in total. The Labute approximate surface area is 296 Å².